The lowest BCUT2D eigenvalue weighted by molar-refractivity contribution is -0.192. The first-order valence-electron chi connectivity index (χ1n) is 12.4. The number of aliphatic carboxylic acids is 1. The Bertz CT molecular complexity index is 1150. The minimum atomic E-state index is -5.08. The van der Waals surface area contributed by atoms with Gasteiger partial charge in [0, 0.05) is 13.1 Å². The van der Waals surface area contributed by atoms with Crippen molar-refractivity contribution in [2.75, 3.05) is 19.6 Å². The van der Waals surface area contributed by atoms with Gasteiger partial charge in [-0.15, -0.1) is 0 Å². The van der Waals surface area contributed by atoms with Gasteiger partial charge in [-0.25, -0.2) is 4.79 Å². The third-order valence-electron chi connectivity index (χ3n) is 5.99. The van der Waals surface area contributed by atoms with Crippen LogP contribution < -0.4 is 4.74 Å². The van der Waals surface area contributed by atoms with Crippen LogP contribution in [0.4, 0.5) is 13.2 Å². The van der Waals surface area contributed by atoms with E-state index in [0.717, 1.165) is 25.3 Å². The van der Waals surface area contributed by atoms with Crippen molar-refractivity contribution in [1.82, 2.24) is 4.90 Å². The maximum Gasteiger partial charge on any atom is 0.490 e. The summed E-state index contributed by atoms with van der Waals surface area (Å²) in [4.78, 5) is 11.3. The van der Waals surface area contributed by atoms with Gasteiger partial charge in [0.25, 0.3) is 0 Å². The van der Waals surface area contributed by atoms with Crippen molar-refractivity contribution in [3.63, 3.8) is 0 Å². The normalized spacial score (nSPS) is 14.6. The number of likely N-dealkylation sites (tertiary alicyclic amines) is 1. The third-order valence-corrected chi connectivity index (χ3v) is 5.99. The zero-order valence-electron chi connectivity index (χ0n) is 21.0. The van der Waals surface area contributed by atoms with Gasteiger partial charge in [-0.05, 0) is 59.4 Å². The van der Waals surface area contributed by atoms with Gasteiger partial charge in [-0.3, -0.25) is 4.90 Å². The van der Waals surface area contributed by atoms with Crippen molar-refractivity contribution in [3.8, 4) is 5.75 Å². The van der Waals surface area contributed by atoms with Crippen LogP contribution in [0.1, 0.15) is 43.4 Å². The molecule has 1 N–H and O–H groups in total. The molecule has 0 unspecified atom stereocenters. The van der Waals surface area contributed by atoms with Crippen LogP contribution in [0, 0.1) is 0 Å². The largest absolute Gasteiger partial charge is 0.490 e. The second-order valence-electron chi connectivity index (χ2n) is 8.77. The molecular formula is C30H32F3NO3. The highest BCUT2D eigenvalue weighted by molar-refractivity contribution is 5.98. The SMILES string of the molecule is CCCN1CC(Oc2ccc(/C(=C(/CC)c3ccccc3)c3ccccc3)cc2)C1.O=C(O)C(F)(F)F. The number of alkyl halides is 3. The van der Waals surface area contributed by atoms with Gasteiger partial charge in [0.05, 0.1) is 0 Å². The number of hydrogen-bond donors (Lipinski definition) is 1. The van der Waals surface area contributed by atoms with Crippen LogP contribution >= 0.6 is 0 Å². The summed E-state index contributed by atoms with van der Waals surface area (Å²) >= 11 is 0. The van der Waals surface area contributed by atoms with Gasteiger partial charge < -0.3 is 9.84 Å². The molecule has 0 spiro atoms. The Labute approximate surface area is 216 Å². The minimum absolute atomic E-state index is 0.321. The Kier molecular flexibility index (Phi) is 9.92. The zero-order valence-corrected chi connectivity index (χ0v) is 21.0. The second-order valence-corrected chi connectivity index (χ2v) is 8.77. The van der Waals surface area contributed by atoms with E-state index in [0.29, 0.717) is 6.10 Å². The van der Waals surface area contributed by atoms with Gasteiger partial charge in [-0.1, -0.05) is 86.6 Å². The number of carbonyl (C=O) groups is 1. The Hall–Kier alpha value is -3.58. The lowest BCUT2D eigenvalue weighted by Gasteiger charge is -2.38. The van der Waals surface area contributed by atoms with Crippen LogP contribution in [0.2, 0.25) is 0 Å². The van der Waals surface area contributed by atoms with E-state index >= 15 is 0 Å². The first-order chi connectivity index (χ1) is 17.7. The standard InChI is InChI=1S/C28H31NO.C2HF3O2/c1-3-19-29-20-26(21-29)30-25-17-15-24(16-18-25)28(23-13-9-6-10-14-23)27(4-2)22-11-7-5-8-12-22;3-2(4,5)1(6)7/h5-18,26H,3-4,19-21H2,1-2H3;(H,6,7)/b28-27-;. The van der Waals surface area contributed by atoms with E-state index in [1.807, 2.05) is 0 Å². The smallest absolute Gasteiger partial charge is 0.488 e. The van der Waals surface area contributed by atoms with Gasteiger partial charge in [0.2, 0.25) is 0 Å². The molecular weight excluding hydrogens is 479 g/mol. The molecule has 0 radical (unpaired) electrons. The van der Waals surface area contributed by atoms with Crippen molar-refractivity contribution in [2.24, 2.45) is 0 Å². The molecule has 1 aliphatic heterocycles. The summed E-state index contributed by atoms with van der Waals surface area (Å²) in [5.74, 6) is -1.79. The maximum absolute atomic E-state index is 10.6. The Balaban J connectivity index is 0.000000479. The molecule has 0 saturated carbocycles. The summed E-state index contributed by atoms with van der Waals surface area (Å²) < 4.78 is 37.9. The predicted molar refractivity (Wildman–Crippen MR) is 140 cm³/mol. The predicted octanol–water partition coefficient (Wildman–Crippen LogP) is 7.16. The van der Waals surface area contributed by atoms with E-state index in [4.69, 9.17) is 14.6 Å². The summed E-state index contributed by atoms with van der Waals surface area (Å²) in [5.41, 5.74) is 6.43. The summed E-state index contributed by atoms with van der Waals surface area (Å²) in [7, 11) is 0. The zero-order chi connectivity index (χ0) is 26.8. The molecule has 196 valence electrons. The monoisotopic (exact) mass is 511 g/mol. The quantitative estimate of drug-likeness (QED) is 0.326. The summed E-state index contributed by atoms with van der Waals surface area (Å²) in [6.07, 6.45) is -2.58. The number of hydrogen-bond acceptors (Lipinski definition) is 3. The van der Waals surface area contributed by atoms with Gasteiger partial charge >= 0.3 is 12.1 Å². The lowest BCUT2D eigenvalue weighted by Crippen LogP contribution is -2.53. The van der Waals surface area contributed by atoms with E-state index in [9.17, 15) is 13.2 Å². The number of rotatable bonds is 8. The van der Waals surface area contributed by atoms with E-state index in [2.05, 4.69) is 104 Å². The van der Waals surface area contributed by atoms with Crippen molar-refractivity contribution >= 4 is 17.1 Å². The van der Waals surface area contributed by atoms with Crippen LogP contribution in [-0.2, 0) is 4.79 Å². The summed E-state index contributed by atoms with van der Waals surface area (Å²) in [6, 6.07) is 30.1. The number of nitrogens with zero attached hydrogens (tertiary/aromatic N) is 1. The van der Waals surface area contributed by atoms with Crippen molar-refractivity contribution in [2.45, 2.75) is 39.0 Å². The number of halogens is 3. The van der Waals surface area contributed by atoms with E-state index in [1.165, 1.54) is 40.8 Å². The molecule has 7 heteroatoms. The van der Waals surface area contributed by atoms with Crippen LogP contribution in [0.5, 0.6) is 5.75 Å². The maximum atomic E-state index is 10.6. The van der Waals surface area contributed by atoms with Crippen LogP contribution in [0.3, 0.4) is 0 Å². The van der Waals surface area contributed by atoms with Crippen LogP contribution in [0.25, 0.3) is 11.1 Å². The number of benzene rings is 3. The summed E-state index contributed by atoms with van der Waals surface area (Å²) in [5, 5.41) is 7.12. The van der Waals surface area contributed by atoms with Crippen LogP contribution in [-0.4, -0.2) is 47.9 Å². The Morgan fingerprint density at radius 1 is 0.865 bits per heavy atom. The molecule has 0 aromatic heterocycles. The fourth-order valence-corrected chi connectivity index (χ4v) is 4.27. The van der Waals surface area contributed by atoms with Gasteiger partial charge in [0.15, 0.2) is 0 Å². The average molecular weight is 512 g/mol. The van der Waals surface area contributed by atoms with Gasteiger partial charge in [-0.2, -0.15) is 13.2 Å². The first-order valence-corrected chi connectivity index (χ1v) is 12.4. The molecule has 3 aromatic rings. The fraction of sp³-hybridized carbons (Fsp3) is 0.300. The topological polar surface area (TPSA) is 49.8 Å². The molecule has 3 aromatic carbocycles. The molecule has 4 rings (SSSR count). The van der Waals surface area contributed by atoms with Crippen molar-refractivity contribution < 1.29 is 27.8 Å². The molecule has 0 aliphatic carbocycles. The van der Waals surface area contributed by atoms with Gasteiger partial charge in [0.1, 0.15) is 11.9 Å². The Morgan fingerprint density at radius 2 is 1.35 bits per heavy atom. The number of allylic oxidation sites excluding steroid dienone is 1. The lowest BCUT2D eigenvalue weighted by atomic mass is 9.88. The molecule has 1 saturated heterocycles. The molecule has 1 aliphatic rings. The minimum Gasteiger partial charge on any atom is -0.488 e. The Morgan fingerprint density at radius 3 is 1.81 bits per heavy atom. The number of ether oxygens (including phenoxy) is 1. The molecule has 1 heterocycles. The fourth-order valence-electron chi connectivity index (χ4n) is 4.27. The molecule has 0 bridgehead atoms. The highest BCUT2D eigenvalue weighted by atomic mass is 19.4. The molecule has 1 fully saturated rings. The highest BCUT2D eigenvalue weighted by Gasteiger charge is 2.38. The number of carboxylic acids is 1. The first kappa shape index (κ1) is 28.0. The van der Waals surface area contributed by atoms with E-state index in [-0.39, 0.29) is 0 Å². The van der Waals surface area contributed by atoms with Crippen molar-refractivity contribution in [1.29, 1.82) is 0 Å². The molecule has 4 nitrogen and oxygen atoms in total. The third kappa shape index (κ3) is 7.95. The van der Waals surface area contributed by atoms with E-state index < -0.39 is 12.1 Å². The highest BCUT2D eigenvalue weighted by Crippen LogP contribution is 2.35. The number of carboxylic acid groups (broad SMARTS) is 1. The van der Waals surface area contributed by atoms with Crippen LogP contribution in [0.15, 0.2) is 84.9 Å². The second kappa shape index (κ2) is 13.1. The van der Waals surface area contributed by atoms with Crippen molar-refractivity contribution in [3.05, 3.63) is 102 Å². The summed E-state index contributed by atoms with van der Waals surface area (Å²) in [6.45, 7) is 7.72. The van der Waals surface area contributed by atoms with E-state index in [1.54, 1.807) is 0 Å². The molecule has 0 atom stereocenters. The molecule has 0 amide bonds. The average Bonchev–Trinajstić information content (AvgIpc) is 2.87. The molecule has 37 heavy (non-hydrogen) atoms.